The molecule has 0 aliphatic carbocycles. The van der Waals surface area contributed by atoms with Crippen LogP contribution in [0.15, 0.2) is 70.2 Å². The van der Waals surface area contributed by atoms with Crippen LogP contribution >= 0.6 is 0 Å². The first kappa shape index (κ1) is 24.3. The summed E-state index contributed by atoms with van der Waals surface area (Å²) in [5.41, 5.74) is 0.485. The fraction of sp³-hybridized carbons (Fsp3) is 0.292. The minimum Gasteiger partial charge on any atom is -0.494 e. The molecule has 0 radical (unpaired) electrons. The Labute approximate surface area is 192 Å². The number of para-hydroxylation sites is 1. The molecular formula is C24H26FNO6S. The third-order valence-corrected chi connectivity index (χ3v) is 6.04. The van der Waals surface area contributed by atoms with Gasteiger partial charge in [-0.15, -0.1) is 0 Å². The molecule has 1 heterocycles. The van der Waals surface area contributed by atoms with E-state index in [1.54, 1.807) is 35.2 Å². The molecule has 0 N–H and O–H groups in total. The van der Waals surface area contributed by atoms with Crippen LogP contribution in [0.1, 0.15) is 31.6 Å². The van der Waals surface area contributed by atoms with Gasteiger partial charge in [-0.3, -0.25) is 4.79 Å². The van der Waals surface area contributed by atoms with E-state index in [9.17, 15) is 17.6 Å². The molecule has 3 rings (SSSR count). The SMILES string of the molecule is COc1ccc(S(=O)(=O)Oc2ccccc2CN(Cc2ccco2)C(=O)CC(C)C)cc1F. The average Bonchev–Trinajstić information content (AvgIpc) is 3.27. The number of benzene rings is 2. The second kappa shape index (κ2) is 10.5. The monoisotopic (exact) mass is 475 g/mol. The molecule has 0 spiro atoms. The molecule has 0 atom stereocenters. The van der Waals surface area contributed by atoms with Crippen LogP contribution in [0.4, 0.5) is 4.39 Å². The summed E-state index contributed by atoms with van der Waals surface area (Å²) in [5, 5.41) is 0. The van der Waals surface area contributed by atoms with E-state index in [0.717, 1.165) is 6.07 Å². The highest BCUT2D eigenvalue weighted by molar-refractivity contribution is 7.87. The fourth-order valence-electron chi connectivity index (χ4n) is 3.19. The van der Waals surface area contributed by atoms with E-state index in [1.165, 1.54) is 31.6 Å². The molecule has 2 aromatic carbocycles. The molecule has 7 nitrogen and oxygen atoms in total. The lowest BCUT2D eigenvalue weighted by molar-refractivity contribution is -0.133. The minimum absolute atomic E-state index is 0.0514. The highest BCUT2D eigenvalue weighted by Crippen LogP contribution is 2.27. The summed E-state index contributed by atoms with van der Waals surface area (Å²) in [6, 6.07) is 13.3. The first-order valence-electron chi connectivity index (χ1n) is 10.4. The average molecular weight is 476 g/mol. The predicted octanol–water partition coefficient (Wildman–Crippen LogP) is 4.77. The third kappa shape index (κ3) is 6.35. The second-order valence-electron chi connectivity index (χ2n) is 7.87. The summed E-state index contributed by atoms with van der Waals surface area (Å²) in [6.07, 6.45) is 1.85. The summed E-state index contributed by atoms with van der Waals surface area (Å²) < 4.78 is 55.2. The normalized spacial score (nSPS) is 11.4. The van der Waals surface area contributed by atoms with Crippen molar-refractivity contribution in [3.63, 3.8) is 0 Å². The molecule has 33 heavy (non-hydrogen) atoms. The Morgan fingerprint density at radius 2 is 1.82 bits per heavy atom. The first-order valence-corrected chi connectivity index (χ1v) is 11.8. The number of furan rings is 1. The van der Waals surface area contributed by atoms with E-state index in [4.69, 9.17) is 13.3 Å². The number of hydrogen-bond acceptors (Lipinski definition) is 6. The Hall–Kier alpha value is -3.33. The van der Waals surface area contributed by atoms with Crippen LogP contribution in [0.2, 0.25) is 0 Å². The van der Waals surface area contributed by atoms with Crippen molar-refractivity contribution in [3.8, 4) is 11.5 Å². The summed E-state index contributed by atoms with van der Waals surface area (Å²) >= 11 is 0. The molecule has 0 bridgehead atoms. The van der Waals surface area contributed by atoms with Crippen LogP contribution in [0.25, 0.3) is 0 Å². The second-order valence-corrected chi connectivity index (χ2v) is 9.41. The fourth-order valence-corrected chi connectivity index (χ4v) is 4.17. The van der Waals surface area contributed by atoms with E-state index >= 15 is 0 Å². The Morgan fingerprint density at radius 1 is 1.06 bits per heavy atom. The zero-order valence-electron chi connectivity index (χ0n) is 18.7. The molecule has 1 amide bonds. The molecule has 0 saturated carbocycles. The van der Waals surface area contributed by atoms with Crippen molar-refractivity contribution in [3.05, 3.63) is 78.0 Å². The van der Waals surface area contributed by atoms with E-state index in [1.807, 2.05) is 13.8 Å². The van der Waals surface area contributed by atoms with Crippen molar-refractivity contribution >= 4 is 16.0 Å². The molecular weight excluding hydrogens is 449 g/mol. The molecule has 3 aromatic rings. The van der Waals surface area contributed by atoms with Gasteiger partial charge < -0.3 is 18.2 Å². The number of nitrogens with zero attached hydrogens (tertiary/aromatic N) is 1. The number of carbonyl (C=O) groups excluding carboxylic acids is 1. The van der Waals surface area contributed by atoms with Crippen LogP contribution in [0.3, 0.4) is 0 Å². The summed E-state index contributed by atoms with van der Waals surface area (Å²) in [6.45, 7) is 4.22. The van der Waals surface area contributed by atoms with Gasteiger partial charge in [0.25, 0.3) is 0 Å². The van der Waals surface area contributed by atoms with E-state index < -0.39 is 15.9 Å². The van der Waals surface area contributed by atoms with Gasteiger partial charge in [0.05, 0.1) is 19.9 Å². The number of hydrogen-bond donors (Lipinski definition) is 0. The van der Waals surface area contributed by atoms with Crippen LogP contribution in [-0.4, -0.2) is 26.3 Å². The smallest absolute Gasteiger partial charge is 0.339 e. The molecule has 176 valence electrons. The van der Waals surface area contributed by atoms with Gasteiger partial charge in [0.15, 0.2) is 11.6 Å². The van der Waals surface area contributed by atoms with Crippen molar-refractivity contribution in [1.82, 2.24) is 4.90 Å². The highest BCUT2D eigenvalue weighted by atomic mass is 32.2. The van der Waals surface area contributed by atoms with Gasteiger partial charge in [-0.2, -0.15) is 8.42 Å². The standard InChI is InChI=1S/C24H26FNO6S/c1-17(2)13-24(27)26(16-19-8-6-12-31-19)15-18-7-4-5-9-22(18)32-33(28,29)20-10-11-23(30-3)21(25)14-20/h4-12,14,17H,13,15-16H2,1-3H3. The molecule has 9 heteroatoms. The quantitative estimate of drug-likeness (QED) is 0.393. The lowest BCUT2D eigenvalue weighted by atomic mass is 10.1. The number of amides is 1. The van der Waals surface area contributed by atoms with Crippen LogP contribution in [0, 0.1) is 11.7 Å². The van der Waals surface area contributed by atoms with Gasteiger partial charge in [0.2, 0.25) is 5.91 Å². The predicted molar refractivity (Wildman–Crippen MR) is 120 cm³/mol. The maximum Gasteiger partial charge on any atom is 0.339 e. The van der Waals surface area contributed by atoms with Gasteiger partial charge in [0, 0.05) is 18.5 Å². The number of halogens is 1. The Morgan fingerprint density at radius 3 is 2.45 bits per heavy atom. The van der Waals surface area contributed by atoms with Crippen molar-refractivity contribution in [2.45, 2.75) is 38.3 Å². The Kier molecular flexibility index (Phi) is 7.75. The van der Waals surface area contributed by atoms with Crippen molar-refractivity contribution < 1.29 is 30.9 Å². The number of carbonyl (C=O) groups is 1. The van der Waals surface area contributed by atoms with Crippen LogP contribution in [0.5, 0.6) is 11.5 Å². The zero-order valence-corrected chi connectivity index (χ0v) is 19.5. The highest BCUT2D eigenvalue weighted by Gasteiger charge is 2.23. The van der Waals surface area contributed by atoms with Gasteiger partial charge in [-0.05, 0) is 42.3 Å². The maximum atomic E-state index is 14.0. The number of ether oxygens (including phenoxy) is 1. The van der Waals surface area contributed by atoms with Gasteiger partial charge in [-0.1, -0.05) is 32.0 Å². The van der Waals surface area contributed by atoms with Crippen molar-refractivity contribution in [1.29, 1.82) is 0 Å². The molecule has 0 aliphatic rings. The summed E-state index contributed by atoms with van der Waals surface area (Å²) in [4.78, 5) is 14.1. The molecule has 1 aromatic heterocycles. The van der Waals surface area contributed by atoms with Gasteiger partial charge >= 0.3 is 10.1 Å². The summed E-state index contributed by atoms with van der Waals surface area (Å²) in [5.74, 6) is -0.196. The number of methoxy groups -OCH3 is 1. The van der Waals surface area contributed by atoms with Crippen LogP contribution < -0.4 is 8.92 Å². The molecule has 0 saturated heterocycles. The largest absolute Gasteiger partial charge is 0.494 e. The molecule has 0 fully saturated rings. The Balaban J connectivity index is 1.87. The Bertz CT molecular complexity index is 1190. The van der Waals surface area contributed by atoms with Gasteiger partial charge in [-0.25, -0.2) is 4.39 Å². The zero-order chi connectivity index (χ0) is 24.0. The van der Waals surface area contributed by atoms with Crippen LogP contribution in [-0.2, 0) is 28.0 Å². The van der Waals surface area contributed by atoms with E-state index in [0.29, 0.717) is 17.7 Å². The third-order valence-electron chi connectivity index (χ3n) is 4.81. The van der Waals surface area contributed by atoms with Crippen molar-refractivity contribution in [2.24, 2.45) is 5.92 Å². The van der Waals surface area contributed by atoms with Crippen molar-refractivity contribution in [2.75, 3.05) is 7.11 Å². The molecule has 0 unspecified atom stereocenters. The minimum atomic E-state index is -4.33. The summed E-state index contributed by atoms with van der Waals surface area (Å²) in [7, 11) is -3.04. The molecule has 0 aliphatic heterocycles. The van der Waals surface area contributed by atoms with E-state index in [2.05, 4.69) is 0 Å². The maximum absolute atomic E-state index is 14.0. The lowest BCUT2D eigenvalue weighted by Gasteiger charge is -2.24. The van der Waals surface area contributed by atoms with Gasteiger partial charge in [0.1, 0.15) is 16.4 Å². The topological polar surface area (TPSA) is 86.1 Å². The lowest BCUT2D eigenvalue weighted by Crippen LogP contribution is -2.31. The van der Waals surface area contributed by atoms with E-state index in [-0.39, 0.29) is 41.3 Å². The number of rotatable bonds is 10. The first-order chi connectivity index (χ1) is 15.7.